The summed E-state index contributed by atoms with van der Waals surface area (Å²) in [5, 5.41) is 13.0. The van der Waals surface area contributed by atoms with Gasteiger partial charge in [-0.05, 0) is 60.0 Å². The molecule has 1 fully saturated rings. The van der Waals surface area contributed by atoms with Gasteiger partial charge in [-0.2, -0.15) is 0 Å². The Morgan fingerprint density at radius 2 is 2.12 bits per heavy atom. The van der Waals surface area contributed by atoms with Crippen molar-refractivity contribution in [3.63, 3.8) is 0 Å². The van der Waals surface area contributed by atoms with Crippen LogP contribution in [0.15, 0.2) is 0 Å². The second-order valence-electron chi connectivity index (χ2n) is 6.41. The molecule has 1 rings (SSSR count). The van der Waals surface area contributed by atoms with E-state index in [0.29, 0.717) is 11.6 Å². The van der Waals surface area contributed by atoms with Gasteiger partial charge in [-0.25, -0.2) is 0 Å². The minimum absolute atomic E-state index is 0.146. The van der Waals surface area contributed by atoms with Gasteiger partial charge < -0.3 is 10.4 Å². The predicted octanol–water partition coefficient (Wildman–Crippen LogP) is 2.00. The zero-order chi connectivity index (χ0) is 13.1. The van der Waals surface area contributed by atoms with Crippen molar-refractivity contribution in [2.45, 2.75) is 71.0 Å². The predicted molar refractivity (Wildman–Crippen MR) is 73.3 cm³/mol. The lowest BCUT2D eigenvalue weighted by Crippen LogP contribution is -2.53. The van der Waals surface area contributed by atoms with E-state index in [1.165, 1.54) is 19.4 Å². The zero-order valence-corrected chi connectivity index (χ0v) is 12.2. The monoisotopic (exact) mass is 242 g/mol. The minimum Gasteiger partial charge on any atom is -0.394 e. The third-order valence-electron chi connectivity index (χ3n) is 4.20. The fraction of sp³-hybridized carbons (Fsp3) is 1.00. The highest BCUT2D eigenvalue weighted by atomic mass is 16.3. The van der Waals surface area contributed by atoms with Crippen molar-refractivity contribution >= 4 is 0 Å². The molecule has 0 aromatic heterocycles. The number of nitrogens with one attached hydrogen (secondary N) is 1. The molecule has 0 radical (unpaired) electrons. The number of hydrogen-bond donors (Lipinski definition) is 2. The molecule has 0 saturated carbocycles. The van der Waals surface area contributed by atoms with Gasteiger partial charge in [0.2, 0.25) is 0 Å². The molecule has 102 valence electrons. The van der Waals surface area contributed by atoms with Crippen LogP contribution in [0.2, 0.25) is 0 Å². The van der Waals surface area contributed by atoms with E-state index in [2.05, 4.69) is 44.8 Å². The lowest BCUT2D eigenvalue weighted by atomic mass is 9.91. The number of aliphatic hydroxyl groups excluding tert-OH is 1. The Labute approximate surface area is 107 Å². The van der Waals surface area contributed by atoms with Crippen molar-refractivity contribution in [1.29, 1.82) is 0 Å². The summed E-state index contributed by atoms with van der Waals surface area (Å²) in [6, 6.07) is 0.517. The smallest absolute Gasteiger partial charge is 0.0611 e. The molecular weight excluding hydrogens is 212 g/mol. The maximum Gasteiger partial charge on any atom is 0.0611 e. The molecule has 1 heterocycles. The topological polar surface area (TPSA) is 35.5 Å². The quantitative estimate of drug-likeness (QED) is 0.748. The first-order valence-electron chi connectivity index (χ1n) is 6.97. The molecule has 2 N–H and O–H groups in total. The fourth-order valence-corrected chi connectivity index (χ4v) is 3.33. The van der Waals surface area contributed by atoms with Gasteiger partial charge in [0.15, 0.2) is 0 Å². The van der Waals surface area contributed by atoms with Crippen LogP contribution >= 0.6 is 0 Å². The van der Waals surface area contributed by atoms with Gasteiger partial charge in [0.05, 0.1) is 6.61 Å². The van der Waals surface area contributed by atoms with E-state index in [-0.39, 0.29) is 12.1 Å². The summed E-state index contributed by atoms with van der Waals surface area (Å²) in [7, 11) is 0. The van der Waals surface area contributed by atoms with Crippen LogP contribution in [0, 0.1) is 0 Å². The summed E-state index contributed by atoms with van der Waals surface area (Å²) >= 11 is 0. The second-order valence-corrected chi connectivity index (χ2v) is 6.41. The van der Waals surface area contributed by atoms with E-state index in [9.17, 15) is 5.11 Å². The van der Waals surface area contributed by atoms with Crippen molar-refractivity contribution in [1.82, 2.24) is 10.2 Å². The largest absolute Gasteiger partial charge is 0.394 e. The number of likely N-dealkylation sites (tertiary alicyclic amines) is 1. The van der Waals surface area contributed by atoms with Gasteiger partial charge >= 0.3 is 0 Å². The summed E-state index contributed by atoms with van der Waals surface area (Å²) < 4.78 is 0. The molecule has 0 amide bonds. The van der Waals surface area contributed by atoms with Crippen molar-refractivity contribution in [2.75, 3.05) is 19.7 Å². The van der Waals surface area contributed by atoms with Crippen molar-refractivity contribution in [2.24, 2.45) is 0 Å². The Balaban J connectivity index is 2.61. The number of rotatable bonds is 6. The first kappa shape index (κ1) is 14.9. The SMILES string of the molecule is CCNC(C)(CO)CC(C)N1CCCC1(C)C. The van der Waals surface area contributed by atoms with Gasteiger partial charge in [-0.1, -0.05) is 6.92 Å². The standard InChI is InChI=1S/C14H30N2O/c1-6-15-14(5,11-17)10-12(2)16-9-7-8-13(16,3)4/h12,15,17H,6-11H2,1-5H3. The van der Waals surface area contributed by atoms with E-state index in [1.807, 2.05) is 0 Å². The van der Waals surface area contributed by atoms with Crippen LogP contribution in [0.4, 0.5) is 0 Å². The van der Waals surface area contributed by atoms with Gasteiger partial charge in [0.1, 0.15) is 0 Å². The lowest BCUT2D eigenvalue weighted by molar-refractivity contribution is 0.0782. The van der Waals surface area contributed by atoms with E-state index in [0.717, 1.165) is 13.0 Å². The van der Waals surface area contributed by atoms with E-state index < -0.39 is 0 Å². The first-order valence-corrected chi connectivity index (χ1v) is 6.97. The Morgan fingerprint density at radius 3 is 2.53 bits per heavy atom. The third kappa shape index (κ3) is 3.67. The van der Waals surface area contributed by atoms with Crippen LogP contribution in [0.3, 0.4) is 0 Å². The second kappa shape index (κ2) is 5.68. The molecular formula is C14H30N2O. The lowest BCUT2D eigenvalue weighted by Gasteiger charge is -2.41. The number of hydrogen-bond acceptors (Lipinski definition) is 3. The molecule has 0 aliphatic carbocycles. The van der Waals surface area contributed by atoms with E-state index >= 15 is 0 Å². The molecule has 1 aliphatic rings. The zero-order valence-electron chi connectivity index (χ0n) is 12.2. The van der Waals surface area contributed by atoms with Crippen LogP contribution in [-0.4, -0.2) is 46.8 Å². The highest BCUT2D eigenvalue weighted by molar-refractivity contribution is 4.94. The van der Waals surface area contributed by atoms with E-state index in [1.54, 1.807) is 0 Å². The van der Waals surface area contributed by atoms with E-state index in [4.69, 9.17) is 0 Å². The minimum atomic E-state index is -0.146. The Kier molecular flexibility index (Phi) is 4.99. The van der Waals surface area contributed by atoms with Crippen molar-refractivity contribution in [3.8, 4) is 0 Å². The summed E-state index contributed by atoms with van der Waals surface area (Å²) in [6.45, 7) is 13.5. The molecule has 17 heavy (non-hydrogen) atoms. The summed E-state index contributed by atoms with van der Waals surface area (Å²) in [6.07, 6.45) is 3.59. The Hall–Kier alpha value is -0.120. The Morgan fingerprint density at radius 1 is 1.47 bits per heavy atom. The molecule has 0 aromatic carbocycles. The van der Waals surface area contributed by atoms with Gasteiger partial charge in [0.25, 0.3) is 0 Å². The summed E-state index contributed by atoms with van der Waals surface area (Å²) in [4.78, 5) is 2.60. The molecule has 0 bridgehead atoms. The highest BCUT2D eigenvalue weighted by Gasteiger charge is 2.37. The highest BCUT2D eigenvalue weighted by Crippen LogP contribution is 2.32. The van der Waals surface area contributed by atoms with Crippen LogP contribution < -0.4 is 5.32 Å². The number of nitrogens with zero attached hydrogens (tertiary/aromatic N) is 1. The maximum absolute atomic E-state index is 9.56. The van der Waals surface area contributed by atoms with Crippen LogP contribution in [-0.2, 0) is 0 Å². The molecule has 1 aliphatic heterocycles. The third-order valence-corrected chi connectivity index (χ3v) is 4.20. The number of likely N-dealkylation sites (N-methyl/N-ethyl adjacent to an activating group) is 1. The van der Waals surface area contributed by atoms with Gasteiger partial charge in [0, 0.05) is 17.1 Å². The van der Waals surface area contributed by atoms with Crippen LogP contribution in [0.1, 0.15) is 53.9 Å². The average molecular weight is 242 g/mol. The molecule has 0 aromatic rings. The van der Waals surface area contributed by atoms with Gasteiger partial charge in [-0.15, -0.1) is 0 Å². The van der Waals surface area contributed by atoms with Gasteiger partial charge in [-0.3, -0.25) is 4.90 Å². The molecule has 2 atom stereocenters. The number of aliphatic hydroxyl groups is 1. The molecule has 0 spiro atoms. The molecule has 2 unspecified atom stereocenters. The Bertz CT molecular complexity index is 242. The fourth-order valence-electron chi connectivity index (χ4n) is 3.33. The first-order chi connectivity index (χ1) is 7.84. The van der Waals surface area contributed by atoms with Crippen molar-refractivity contribution < 1.29 is 5.11 Å². The maximum atomic E-state index is 9.56. The normalized spacial score (nSPS) is 25.8. The summed E-state index contributed by atoms with van der Waals surface area (Å²) in [5.74, 6) is 0. The van der Waals surface area contributed by atoms with Crippen LogP contribution in [0.5, 0.6) is 0 Å². The molecule has 3 heteroatoms. The van der Waals surface area contributed by atoms with Crippen LogP contribution in [0.25, 0.3) is 0 Å². The van der Waals surface area contributed by atoms with Crippen molar-refractivity contribution in [3.05, 3.63) is 0 Å². The molecule has 1 saturated heterocycles. The average Bonchev–Trinajstić information content (AvgIpc) is 2.58. The molecule has 3 nitrogen and oxygen atoms in total. The summed E-state index contributed by atoms with van der Waals surface area (Å²) in [5.41, 5.74) is 0.175.